The molecule has 0 saturated heterocycles. The van der Waals surface area contributed by atoms with E-state index in [1.54, 1.807) is 0 Å². The highest BCUT2D eigenvalue weighted by Crippen LogP contribution is 2.49. The quantitative estimate of drug-likeness (QED) is 0.368. The maximum Gasteiger partial charge on any atom is 0.416 e. The highest BCUT2D eigenvalue weighted by Gasteiger charge is 2.39. The maximum atomic E-state index is 13.0. The van der Waals surface area contributed by atoms with Crippen LogP contribution in [-0.4, -0.2) is 31.6 Å². The molecule has 2 nitrogen and oxygen atoms in total. The SMILES string of the molecule is CN(C)CC(Oc1ccc(C(F)(F)F)cc1)C1CCCC(C(c2ccc(Cl)cc2)C2CCC2)C1. The molecule has 0 heterocycles. The average Bonchev–Trinajstić information content (AvgIpc) is 2.76. The fourth-order valence-electron chi connectivity index (χ4n) is 5.88. The van der Waals surface area contributed by atoms with Crippen molar-refractivity contribution >= 4 is 11.6 Å². The van der Waals surface area contributed by atoms with Gasteiger partial charge in [-0.3, -0.25) is 0 Å². The minimum atomic E-state index is -4.34. The van der Waals surface area contributed by atoms with E-state index in [-0.39, 0.29) is 6.10 Å². The molecule has 6 heteroatoms. The van der Waals surface area contributed by atoms with Crippen LogP contribution in [0, 0.1) is 17.8 Å². The largest absolute Gasteiger partial charge is 0.489 e. The van der Waals surface area contributed by atoms with Gasteiger partial charge in [-0.1, -0.05) is 36.6 Å². The Kier molecular flexibility index (Phi) is 8.14. The molecular weight excluding hydrogens is 459 g/mol. The van der Waals surface area contributed by atoms with Gasteiger partial charge in [0.2, 0.25) is 0 Å². The fraction of sp³-hybridized carbons (Fsp3) is 0.571. The van der Waals surface area contributed by atoms with E-state index in [2.05, 4.69) is 17.0 Å². The van der Waals surface area contributed by atoms with Gasteiger partial charge in [0.25, 0.3) is 0 Å². The number of hydrogen-bond donors (Lipinski definition) is 0. The molecule has 0 N–H and O–H groups in total. The fourth-order valence-corrected chi connectivity index (χ4v) is 6.01. The molecule has 0 bridgehead atoms. The van der Waals surface area contributed by atoms with Crippen LogP contribution in [0.4, 0.5) is 13.2 Å². The number of likely N-dealkylation sites (N-methyl/N-ethyl adjacent to an activating group) is 1. The molecule has 4 rings (SSSR count). The van der Waals surface area contributed by atoms with Crippen LogP contribution in [0.1, 0.15) is 62.0 Å². The van der Waals surface area contributed by atoms with E-state index in [1.165, 1.54) is 43.4 Å². The molecule has 2 saturated carbocycles. The second-order valence-corrected chi connectivity index (χ2v) is 10.8. The lowest BCUT2D eigenvalue weighted by Gasteiger charge is -2.44. The molecule has 0 aliphatic heterocycles. The van der Waals surface area contributed by atoms with Gasteiger partial charge in [-0.15, -0.1) is 0 Å². The van der Waals surface area contributed by atoms with E-state index in [1.807, 2.05) is 26.2 Å². The number of nitrogens with zero attached hydrogens (tertiary/aromatic N) is 1. The zero-order valence-electron chi connectivity index (χ0n) is 20.0. The van der Waals surface area contributed by atoms with E-state index < -0.39 is 11.7 Å². The van der Waals surface area contributed by atoms with Gasteiger partial charge in [0.1, 0.15) is 11.9 Å². The Morgan fingerprint density at radius 2 is 1.47 bits per heavy atom. The van der Waals surface area contributed by atoms with Gasteiger partial charge >= 0.3 is 6.18 Å². The Bertz CT molecular complexity index is 909. The number of ether oxygens (including phenoxy) is 1. The summed E-state index contributed by atoms with van der Waals surface area (Å²) in [4.78, 5) is 2.11. The number of benzene rings is 2. The van der Waals surface area contributed by atoms with Crippen LogP contribution >= 0.6 is 11.6 Å². The Hall–Kier alpha value is -1.72. The van der Waals surface area contributed by atoms with E-state index in [0.717, 1.165) is 48.9 Å². The molecular formula is C28H35ClF3NO. The summed E-state index contributed by atoms with van der Waals surface area (Å²) < 4.78 is 45.3. The summed E-state index contributed by atoms with van der Waals surface area (Å²) >= 11 is 6.17. The summed E-state index contributed by atoms with van der Waals surface area (Å²) in [6.07, 6.45) is 4.05. The standard InChI is InChI=1S/C28H35ClF3NO/c1-33(2)18-26(34-25-15-11-23(12-16-25)28(30,31)32)21-7-4-8-22(17-21)27(19-5-3-6-19)20-9-13-24(29)14-10-20/h9-16,19,21-22,26-27H,3-8,17-18H2,1-2H3. The van der Waals surface area contributed by atoms with E-state index in [0.29, 0.717) is 23.5 Å². The Morgan fingerprint density at radius 3 is 2.03 bits per heavy atom. The van der Waals surface area contributed by atoms with Gasteiger partial charge in [-0.25, -0.2) is 0 Å². The number of rotatable bonds is 8. The Morgan fingerprint density at radius 1 is 0.882 bits per heavy atom. The lowest BCUT2D eigenvalue weighted by molar-refractivity contribution is -0.137. The molecule has 34 heavy (non-hydrogen) atoms. The van der Waals surface area contributed by atoms with Crippen molar-refractivity contribution in [1.82, 2.24) is 4.90 Å². The first kappa shape index (κ1) is 25.4. The van der Waals surface area contributed by atoms with Crippen molar-refractivity contribution in [1.29, 1.82) is 0 Å². The van der Waals surface area contributed by atoms with Crippen molar-refractivity contribution in [2.75, 3.05) is 20.6 Å². The summed E-state index contributed by atoms with van der Waals surface area (Å²) in [6, 6.07) is 13.5. The van der Waals surface area contributed by atoms with Crippen LogP contribution in [0.15, 0.2) is 48.5 Å². The molecule has 0 amide bonds. The third-order valence-electron chi connectivity index (χ3n) is 7.72. The predicted octanol–water partition coefficient (Wildman–Crippen LogP) is 8.06. The minimum Gasteiger partial charge on any atom is -0.489 e. The Labute approximate surface area is 206 Å². The van der Waals surface area contributed by atoms with Gasteiger partial charge in [-0.2, -0.15) is 13.2 Å². The van der Waals surface area contributed by atoms with Crippen molar-refractivity contribution in [2.45, 2.75) is 63.1 Å². The highest BCUT2D eigenvalue weighted by atomic mass is 35.5. The van der Waals surface area contributed by atoms with Crippen LogP contribution in [0.25, 0.3) is 0 Å². The molecule has 2 aliphatic carbocycles. The average molecular weight is 494 g/mol. The first-order valence-corrected chi connectivity index (χ1v) is 12.8. The highest BCUT2D eigenvalue weighted by molar-refractivity contribution is 6.30. The number of hydrogen-bond acceptors (Lipinski definition) is 2. The predicted molar refractivity (Wildman–Crippen MR) is 131 cm³/mol. The molecule has 186 valence electrons. The lowest BCUT2D eigenvalue weighted by Crippen LogP contribution is -2.40. The van der Waals surface area contributed by atoms with Gasteiger partial charge in [0, 0.05) is 11.6 Å². The third kappa shape index (κ3) is 6.28. The molecule has 2 aliphatic rings. The van der Waals surface area contributed by atoms with Crippen molar-refractivity contribution in [2.24, 2.45) is 17.8 Å². The number of alkyl halides is 3. The van der Waals surface area contributed by atoms with Gasteiger partial charge in [0.05, 0.1) is 5.56 Å². The lowest BCUT2D eigenvalue weighted by atomic mass is 9.62. The molecule has 2 aromatic rings. The second kappa shape index (κ2) is 10.9. The van der Waals surface area contributed by atoms with Gasteiger partial charge in [-0.05, 0) is 112 Å². The Balaban J connectivity index is 1.51. The van der Waals surface area contributed by atoms with Gasteiger partial charge < -0.3 is 9.64 Å². The van der Waals surface area contributed by atoms with Crippen LogP contribution in [0.5, 0.6) is 5.75 Å². The monoisotopic (exact) mass is 493 g/mol. The molecule has 0 aromatic heterocycles. The maximum absolute atomic E-state index is 13.0. The first-order valence-electron chi connectivity index (χ1n) is 12.4. The third-order valence-corrected chi connectivity index (χ3v) is 7.97. The second-order valence-electron chi connectivity index (χ2n) is 10.4. The molecule has 4 atom stereocenters. The molecule has 2 aromatic carbocycles. The van der Waals surface area contributed by atoms with Crippen molar-refractivity contribution in [3.8, 4) is 5.75 Å². The summed E-state index contributed by atoms with van der Waals surface area (Å²) in [6.45, 7) is 0.744. The van der Waals surface area contributed by atoms with Crippen LogP contribution in [0.2, 0.25) is 5.02 Å². The summed E-state index contributed by atoms with van der Waals surface area (Å²) in [7, 11) is 4.04. The van der Waals surface area contributed by atoms with Crippen molar-refractivity contribution in [3.05, 3.63) is 64.7 Å². The molecule has 2 fully saturated rings. The van der Waals surface area contributed by atoms with E-state index in [9.17, 15) is 13.2 Å². The first-order chi connectivity index (χ1) is 16.2. The summed E-state index contributed by atoms with van der Waals surface area (Å²) in [5.74, 6) is 2.74. The summed E-state index contributed by atoms with van der Waals surface area (Å²) in [5, 5.41) is 0.772. The van der Waals surface area contributed by atoms with Gasteiger partial charge in [0.15, 0.2) is 0 Å². The topological polar surface area (TPSA) is 12.5 Å². The number of halogens is 4. The molecule has 0 radical (unpaired) electrons. The smallest absolute Gasteiger partial charge is 0.416 e. The molecule has 0 spiro atoms. The normalized spacial score (nSPS) is 23.4. The van der Waals surface area contributed by atoms with Crippen molar-refractivity contribution < 1.29 is 17.9 Å². The van der Waals surface area contributed by atoms with E-state index >= 15 is 0 Å². The zero-order valence-corrected chi connectivity index (χ0v) is 20.8. The molecule has 4 unspecified atom stereocenters. The van der Waals surface area contributed by atoms with E-state index in [4.69, 9.17) is 16.3 Å². The zero-order chi connectivity index (χ0) is 24.3. The van der Waals surface area contributed by atoms with Crippen LogP contribution < -0.4 is 4.74 Å². The minimum absolute atomic E-state index is 0.0539. The van der Waals surface area contributed by atoms with Crippen molar-refractivity contribution in [3.63, 3.8) is 0 Å². The van der Waals surface area contributed by atoms with Crippen LogP contribution in [-0.2, 0) is 6.18 Å². The van der Waals surface area contributed by atoms with Crippen LogP contribution in [0.3, 0.4) is 0 Å². The summed E-state index contributed by atoms with van der Waals surface area (Å²) in [5.41, 5.74) is 0.751.